The molecule has 0 heterocycles. The number of benzene rings is 1. The van der Waals surface area contributed by atoms with E-state index in [4.69, 9.17) is 0 Å². The summed E-state index contributed by atoms with van der Waals surface area (Å²) < 4.78 is 0. The van der Waals surface area contributed by atoms with Crippen molar-refractivity contribution in [2.75, 3.05) is 0 Å². The molecule has 0 bridgehead atoms. The molecule has 0 spiro atoms. The topological polar surface area (TPSA) is 40.5 Å². The fourth-order valence-electron chi connectivity index (χ4n) is 2.11. The van der Waals surface area contributed by atoms with Crippen LogP contribution in [-0.2, 0) is 0 Å². The van der Waals surface area contributed by atoms with E-state index in [1.54, 1.807) is 0 Å². The summed E-state index contributed by atoms with van der Waals surface area (Å²) >= 11 is 0. The summed E-state index contributed by atoms with van der Waals surface area (Å²) in [7, 11) is 0. The van der Waals surface area contributed by atoms with Gasteiger partial charge in [0.2, 0.25) is 0 Å². The van der Waals surface area contributed by atoms with E-state index in [0.717, 1.165) is 24.8 Å². The van der Waals surface area contributed by atoms with E-state index in [0.29, 0.717) is 0 Å². The molecule has 2 heteroatoms. The number of rotatable bonds is 6. The Morgan fingerprint density at radius 2 is 1.69 bits per heavy atom. The zero-order valence-electron chi connectivity index (χ0n) is 10.1. The average Bonchev–Trinajstić information content (AvgIpc) is 2.31. The van der Waals surface area contributed by atoms with E-state index >= 15 is 0 Å². The third-order valence-electron chi connectivity index (χ3n) is 3.10. The lowest BCUT2D eigenvalue weighted by atomic mass is 9.87. The molecule has 0 aliphatic heterocycles. The second-order valence-electron chi connectivity index (χ2n) is 4.28. The number of aliphatic hydroxyl groups excluding tert-OH is 2. The molecule has 0 aliphatic rings. The van der Waals surface area contributed by atoms with Crippen molar-refractivity contribution in [3.63, 3.8) is 0 Å². The molecule has 0 aliphatic carbocycles. The largest absolute Gasteiger partial charge is 0.393 e. The van der Waals surface area contributed by atoms with E-state index < -0.39 is 12.2 Å². The van der Waals surface area contributed by atoms with Crippen molar-refractivity contribution in [1.29, 1.82) is 0 Å². The Hall–Kier alpha value is -0.860. The molecule has 0 saturated carbocycles. The van der Waals surface area contributed by atoms with Crippen molar-refractivity contribution in [2.24, 2.45) is 5.92 Å². The van der Waals surface area contributed by atoms with E-state index in [2.05, 4.69) is 0 Å². The van der Waals surface area contributed by atoms with Crippen LogP contribution in [0.25, 0.3) is 0 Å². The van der Waals surface area contributed by atoms with Crippen molar-refractivity contribution in [3.8, 4) is 0 Å². The minimum Gasteiger partial charge on any atom is -0.393 e. The second-order valence-corrected chi connectivity index (χ2v) is 4.28. The molecule has 0 fully saturated rings. The highest BCUT2D eigenvalue weighted by molar-refractivity contribution is 5.18. The number of aliphatic hydroxyl groups is 2. The summed E-state index contributed by atoms with van der Waals surface area (Å²) in [4.78, 5) is 0. The van der Waals surface area contributed by atoms with Crippen LogP contribution in [0.2, 0.25) is 0 Å². The van der Waals surface area contributed by atoms with Crippen molar-refractivity contribution in [3.05, 3.63) is 35.9 Å². The molecule has 0 aromatic heterocycles. The lowest BCUT2D eigenvalue weighted by Gasteiger charge is -2.26. The van der Waals surface area contributed by atoms with E-state index in [1.165, 1.54) is 0 Å². The van der Waals surface area contributed by atoms with Crippen molar-refractivity contribution in [1.82, 2.24) is 0 Å². The molecular formula is C14H22O2. The minimum absolute atomic E-state index is 0.0673. The van der Waals surface area contributed by atoms with Gasteiger partial charge in [0.25, 0.3) is 0 Å². The van der Waals surface area contributed by atoms with Gasteiger partial charge in [-0.3, -0.25) is 0 Å². The van der Waals surface area contributed by atoms with Crippen LogP contribution >= 0.6 is 0 Å². The third kappa shape index (κ3) is 3.32. The molecule has 0 radical (unpaired) electrons. The van der Waals surface area contributed by atoms with E-state index in [1.807, 2.05) is 44.2 Å². The Balaban J connectivity index is 2.73. The van der Waals surface area contributed by atoms with Crippen LogP contribution in [0.5, 0.6) is 0 Å². The molecule has 90 valence electrons. The predicted molar refractivity (Wildman–Crippen MR) is 66.1 cm³/mol. The maximum Gasteiger partial charge on any atom is 0.0842 e. The summed E-state index contributed by atoms with van der Waals surface area (Å²) in [5.74, 6) is -0.0673. The van der Waals surface area contributed by atoms with Crippen LogP contribution < -0.4 is 0 Å². The maximum absolute atomic E-state index is 10.2. The fourth-order valence-corrected chi connectivity index (χ4v) is 2.11. The van der Waals surface area contributed by atoms with Gasteiger partial charge in [0.05, 0.1) is 12.2 Å². The fraction of sp³-hybridized carbons (Fsp3) is 0.571. The molecule has 2 N–H and O–H groups in total. The number of hydrogen-bond donors (Lipinski definition) is 2. The van der Waals surface area contributed by atoms with Crippen molar-refractivity contribution < 1.29 is 10.2 Å². The molecular weight excluding hydrogens is 200 g/mol. The van der Waals surface area contributed by atoms with Crippen molar-refractivity contribution in [2.45, 2.75) is 45.3 Å². The van der Waals surface area contributed by atoms with Gasteiger partial charge in [-0.25, -0.2) is 0 Å². The van der Waals surface area contributed by atoms with Crippen LogP contribution in [-0.4, -0.2) is 16.3 Å². The Kier molecular flexibility index (Phi) is 5.50. The smallest absolute Gasteiger partial charge is 0.0842 e. The highest BCUT2D eigenvalue weighted by atomic mass is 16.3. The zero-order valence-corrected chi connectivity index (χ0v) is 10.1. The first-order valence-corrected chi connectivity index (χ1v) is 6.11. The van der Waals surface area contributed by atoms with Gasteiger partial charge >= 0.3 is 0 Å². The summed E-state index contributed by atoms with van der Waals surface area (Å²) in [5, 5.41) is 20.2. The van der Waals surface area contributed by atoms with E-state index in [9.17, 15) is 10.2 Å². The number of hydrogen-bond acceptors (Lipinski definition) is 2. The van der Waals surface area contributed by atoms with Crippen LogP contribution in [0.4, 0.5) is 0 Å². The van der Waals surface area contributed by atoms with Crippen LogP contribution in [0, 0.1) is 5.92 Å². The maximum atomic E-state index is 10.2. The predicted octanol–water partition coefficient (Wildman–Crippen LogP) is 2.91. The molecule has 0 amide bonds. The van der Waals surface area contributed by atoms with Gasteiger partial charge < -0.3 is 10.2 Å². The van der Waals surface area contributed by atoms with Crippen LogP contribution in [0.15, 0.2) is 30.3 Å². The van der Waals surface area contributed by atoms with Gasteiger partial charge in [0.15, 0.2) is 0 Å². The SMILES string of the molecule is CCC[C@@H](O)[C@H](CC)[C@H](O)c1ccccc1. The van der Waals surface area contributed by atoms with Gasteiger partial charge in [-0.1, -0.05) is 50.6 Å². The van der Waals surface area contributed by atoms with Gasteiger partial charge in [-0.05, 0) is 18.4 Å². The van der Waals surface area contributed by atoms with Crippen molar-refractivity contribution >= 4 is 0 Å². The second kappa shape index (κ2) is 6.66. The molecule has 0 unspecified atom stereocenters. The monoisotopic (exact) mass is 222 g/mol. The van der Waals surface area contributed by atoms with Gasteiger partial charge in [-0.15, -0.1) is 0 Å². The molecule has 1 aromatic rings. The van der Waals surface area contributed by atoms with Crippen LogP contribution in [0.1, 0.15) is 44.8 Å². The van der Waals surface area contributed by atoms with Crippen LogP contribution in [0.3, 0.4) is 0 Å². The standard InChI is InChI=1S/C14H22O2/c1-3-8-13(15)12(4-2)14(16)11-9-6-5-7-10-11/h5-7,9-10,12-16H,3-4,8H2,1-2H3/t12-,13+,14+/m0/s1. The normalized spacial score (nSPS) is 16.8. The summed E-state index contributed by atoms with van der Waals surface area (Å²) in [6.07, 6.45) is 1.51. The molecule has 3 atom stereocenters. The Morgan fingerprint density at radius 1 is 1.06 bits per heavy atom. The highest BCUT2D eigenvalue weighted by Gasteiger charge is 2.25. The molecule has 1 aromatic carbocycles. The minimum atomic E-state index is -0.562. The highest BCUT2D eigenvalue weighted by Crippen LogP contribution is 2.28. The Labute approximate surface area is 97.9 Å². The van der Waals surface area contributed by atoms with Gasteiger partial charge in [0, 0.05) is 5.92 Å². The molecule has 0 saturated heterocycles. The quantitative estimate of drug-likeness (QED) is 0.777. The lowest BCUT2D eigenvalue weighted by molar-refractivity contribution is 0.00484. The first-order valence-electron chi connectivity index (χ1n) is 6.11. The molecule has 1 rings (SSSR count). The summed E-state index contributed by atoms with van der Waals surface area (Å²) in [6.45, 7) is 4.06. The Morgan fingerprint density at radius 3 is 2.19 bits per heavy atom. The van der Waals surface area contributed by atoms with Gasteiger partial charge in [-0.2, -0.15) is 0 Å². The Bertz CT molecular complexity index is 284. The van der Waals surface area contributed by atoms with Gasteiger partial charge in [0.1, 0.15) is 0 Å². The summed E-state index contributed by atoms with van der Waals surface area (Å²) in [6, 6.07) is 9.58. The third-order valence-corrected chi connectivity index (χ3v) is 3.10. The average molecular weight is 222 g/mol. The summed E-state index contributed by atoms with van der Waals surface area (Å²) in [5.41, 5.74) is 0.893. The first-order chi connectivity index (χ1) is 7.70. The molecule has 2 nitrogen and oxygen atoms in total. The zero-order chi connectivity index (χ0) is 12.0. The lowest BCUT2D eigenvalue weighted by Crippen LogP contribution is -2.26. The first kappa shape index (κ1) is 13.2. The molecule has 16 heavy (non-hydrogen) atoms. The van der Waals surface area contributed by atoms with E-state index in [-0.39, 0.29) is 5.92 Å².